The van der Waals surface area contributed by atoms with E-state index in [1.807, 2.05) is 38.2 Å². The number of benzene rings is 2. The van der Waals surface area contributed by atoms with Crippen LogP contribution in [0.4, 0.5) is 17.3 Å². The number of nitrogens with zero attached hydrogens (tertiary/aromatic N) is 6. The fourth-order valence-corrected chi connectivity index (χ4v) is 13.5. The summed E-state index contributed by atoms with van der Waals surface area (Å²) in [5, 5.41) is 16.0. The van der Waals surface area contributed by atoms with Crippen molar-refractivity contribution >= 4 is 50.0 Å². The lowest BCUT2D eigenvalue weighted by Gasteiger charge is -2.52. The summed E-state index contributed by atoms with van der Waals surface area (Å²) in [6.07, 6.45) is 11.3. The van der Waals surface area contributed by atoms with E-state index in [2.05, 4.69) is 45.3 Å². The molecule has 3 saturated heterocycles. The van der Waals surface area contributed by atoms with Crippen molar-refractivity contribution in [1.29, 1.82) is 0 Å². The third-order valence-electron chi connectivity index (χ3n) is 15.4. The molecule has 2 aromatic heterocycles. The molecule has 14 nitrogen and oxygen atoms in total. The summed E-state index contributed by atoms with van der Waals surface area (Å²) >= 11 is 0. The van der Waals surface area contributed by atoms with Gasteiger partial charge in [-0.15, -0.1) is 0 Å². The Bertz CT molecular complexity index is 2570. The molecule has 3 aliphatic heterocycles. The Kier molecular flexibility index (Phi) is 11.6. The number of likely N-dealkylation sites (tertiary alicyclic amines) is 1. The van der Waals surface area contributed by atoms with Crippen LogP contribution < -0.4 is 21.2 Å². The van der Waals surface area contributed by atoms with Crippen LogP contribution in [0.1, 0.15) is 133 Å². The van der Waals surface area contributed by atoms with E-state index in [4.69, 9.17) is 4.98 Å². The fourth-order valence-electron chi connectivity index (χ4n) is 11.4. The van der Waals surface area contributed by atoms with Crippen LogP contribution in [0.2, 0.25) is 0 Å². The van der Waals surface area contributed by atoms with Gasteiger partial charge in [0.15, 0.2) is 9.84 Å². The van der Waals surface area contributed by atoms with Gasteiger partial charge in [-0.3, -0.25) is 24.0 Å². The summed E-state index contributed by atoms with van der Waals surface area (Å²) < 4.78 is 31.1. The Labute approximate surface area is 370 Å². The van der Waals surface area contributed by atoms with Gasteiger partial charge in [0.1, 0.15) is 6.04 Å². The highest BCUT2D eigenvalue weighted by Gasteiger charge is 2.51. The maximum absolute atomic E-state index is 14.0. The number of sulfone groups is 1. The molecule has 9 rings (SSSR count). The second-order valence-corrected chi connectivity index (χ2v) is 22.4. The molecule has 1 unspecified atom stereocenters. The van der Waals surface area contributed by atoms with E-state index in [-0.39, 0.29) is 40.5 Å². The first-order valence-corrected chi connectivity index (χ1v) is 24.8. The summed E-state index contributed by atoms with van der Waals surface area (Å²) in [7, 11) is -1.72. The van der Waals surface area contributed by atoms with E-state index < -0.39 is 27.4 Å². The molecule has 2 aromatic carbocycles. The summed E-state index contributed by atoms with van der Waals surface area (Å²) in [6, 6.07) is 10.6. The molecule has 5 heterocycles. The fraction of sp³-hybridized carbons (Fsp3) is 0.604. The first-order valence-electron chi connectivity index (χ1n) is 23.2. The van der Waals surface area contributed by atoms with E-state index in [9.17, 15) is 27.9 Å². The molecule has 2 amide bonds. The van der Waals surface area contributed by atoms with Gasteiger partial charge in [-0.05, 0) is 156 Å². The normalized spacial score (nSPS) is 25.2. The highest BCUT2D eigenvalue weighted by molar-refractivity contribution is 7.92. The molecule has 1 atom stereocenters. The van der Waals surface area contributed by atoms with Crippen molar-refractivity contribution in [2.45, 2.75) is 138 Å². The minimum atomic E-state index is -3.48. The molecule has 338 valence electrons. The maximum Gasteiger partial charge on any atom is 0.329 e. The van der Waals surface area contributed by atoms with Crippen LogP contribution in [0, 0.1) is 18.3 Å². The number of anilines is 3. The van der Waals surface area contributed by atoms with E-state index >= 15 is 0 Å². The van der Waals surface area contributed by atoms with Crippen molar-refractivity contribution in [3.63, 3.8) is 0 Å². The number of aryl methyl sites for hydroxylation is 2. The number of hydrogen-bond donors (Lipinski definition) is 3. The second-order valence-electron chi connectivity index (χ2n) is 20.2. The number of hydrogen-bond acceptors (Lipinski definition) is 11. The largest absolute Gasteiger partial charge is 0.390 e. The number of piperidine rings is 3. The predicted octanol–water partition coefficient (Wildman–Crippen LogP) is 6.63. The number of aliphatic hydroxyl groups is 1. The average molecular weight is 881 g/mol. The Morgan fingerprint density at radius 2 is 1.67 bits per heavy atom. The van der Waals surface area contributed by atoms with Crippen LogP contribution in [0.15, 0.2) is 52.3 Å². The van der Waals surface area contributed by atoms with Crippen LogP contribution >= 0.6 is 0 Å². The first kappa shape index (κ1) is 43.6. The summed E-state index contributed by atoms with van der Waals surface area (Å²) in [5.74, 6) is 0.890. The number of amides is 2. The Balaban J connectivity index is 0.771. The SMILES string of the molecule is Cc1cc(S(=O)(=O)C2CC3(CCN(CC4CCN(c5cccc6c5n(C)c(=O)n6C5CCC(=O)NC5=O)CC4)CC3)C2)ccc1Nc1ncc(C(C)C)c(C2CCC(C)(O)CC2)n1. The number of nitrogens with one attached hydrogen (secondary N) is 2. The molecular weight excluding hydrogens is 817 g/mol. The van der Waals surface area contributed by atoms with Gasteiger partial charge in [0.25, 0.3) is 0 Å². The minimum absolute atomic E-state index is 0.0956. The second kappa shape index (κ2) is 16.8. The maximum atomic E-state index is 14.0. The van der Waals surface area contributed by atoms with Gasteiger partial charge in [0, 0.05) is 50.9 Å². The third kappa shape index (κ3) is 8.45. The molecule has 0 bridgehead atoms. The molecule has 3 N–H and O–H groups in total. The molecule has 1 spiro atoms. The summed E-state index contributed by atoms with van der Waals surface area (Å²) in [4.78, 5) is 53.0. The highest BCUT2D eigenvalue weighted by atomic mass is 32.2. The Morgan fingerprint density at radius 3 is 2.33 bits per heavy atom. The van der Waals surface area contributed by atoms with Crippen molar-refractivity contribution in [3.8, 4) is 0 Å². The zero-order valence-electron chi connectivity index (χ0n) is 37.5. The average Bonchev–Trinajstić information content (AvgIpc) is 3.49. The lowest BCUT2D eigenvalue weighted by atomic mass is 9.63. The van der Waals surface area contributed by atoms with Gasteiger partial charge in [0.05, 0.1) is 38.2 Å². The number of fused-ring (bicyclic) bond motifs is 1. The van der Waals surface area contributed by atoms with Gasteiger partial charge >= 0.3 is 5.69 Å². The number of imidazole rings is 1. The van der Waals surface area contributed by atoms with Crippen molar-refractivity contribution in [2.24, 2.45) is 18.4 Å². The van der Waals surface area contributed by atoms with Gasteiger partial charge in [-0.25, -0.2) is 23.2 Å². The molecule has 63 heavy (non-hydrogen) atoms. The van der Waals surface area contributed by atoms with Crippen molar-refractivity contribution in [2.75, 3.05) is 42.9 Å². The van der Waals surface area contributed by atoms with E-state index in [1.165, 1.54) is 0 Å². The zero-order chi connectivity index (χ0) is 44.4. The van der Waals surface area contributed by atoms with Crippen LogP contribution in [0.25, 0.3) is 11.0 Å². The van der Waals surface area contributed by atoms with Crippen molar-refractivity contribution in [1.82, 2.24) is 29.3 Å². The molecule has 5 aliphatic rings. The monoisotopic (exact) mass is 880 g/mol. The molecule has 4 aromatic rings. The van der Waals surface area contributed by atoms with Crippen molar-refractivity contribution < 1.29 is 23.1 Å². The number of imide groups is 1. The summed E-state index contributed by atoms with van der Waals surface area (Å²) in [6.45, 7) is 12.9. The minimum Gasteiger partial charge on any atom is -0.390 e. The standard InChI is InChI=1S/C48H64N8O6S/c1-30(2)36-28-49-45(52-42(36)33-13-17-47(4,60)18-14-33)50-37-10-9-34(25-31(37)3)63(61,62)35-26-48(27-35)19-23-54(24-20-48)29-32-15-21-55(22-16-32)38-7-6-8-39-43(38)53(5)46(59)56(39)40-11-12-41(57)51-44(40)58/h6-10,25,28,30,32-33,35,40,60H,11-24,26-27,29H2,1-5H3,(H,49,50,52)(H,51,57,58). The van der Waals surface area contributed by atoms with Gasteiger partial charge < -0.3 is 20.2 Å². The van der Waals surface area contributed by atoms with Gasteiger partial charge in [-0.2, -0.15) is 0 Å². The molecule has 5 fully saturated rings. The molecule has 15 heteroatoms. The Morgan fingerprint density at radius 1 is 0.952 bits per heavy atom. The number of aromatic nitrogens is 4. The predicted molar refractivity (Wildman–Crippen MR) is 244 cm³/mol. The van der Waals surface area contributed by atoms with Crippen LogP contribution in [0.5, 0.6) is 0 Å². The van der Waals surface area contributed by atoms with Crippen LogP contribution in [-0.4, -0.2) is 92.9 Å². The molecule has 0 radical (unpaired) electrons. The topological polar surface area (TPSA) is 172 Å². The number of carbonyl (C=O) groups excluding carboxylic acids is 2. The van der Waals surface area contributed by atoms with Crippen LogP contribution in [0.3, 0.4) is 0 Å². The smallest absolute Gasteiger partial charge is 0.329 e. The van der Waals surface area contributed by atoms with E-state index in [1.54, 1.807) is 28.3 Å². The molecular formula is C48H64N8O6S. The first-order chi connectivity index (χ1) is 30.0. The molecule has 2 aliphatic carbocycles. The zero-order valence-corrected chi connectivity index (χ0v) is 38.3. The van der Waals surface area contributed by atoms with Gasteiger partial charge in [-0.1, -0.05) is 19.9 Å². The highest BCUT2D eigenvalue weighted by Crippen LogP contribution is 2.53. The van der Waals surface area contributed by atoms with Crippen LogP contribution in [-0.2, 0) is 26.5 Å². The molecule has 2 saturated carbocycles. The lowest BCUT2D eigenvalue weighted by Crippen LogP contribution is -2.52. The van der Waals surface area contributed by atoms with Gasteiger partial charge in [0.2, 0.25) is 17.8 Å². The number of carbonyl (C=O) groups is 2. The quantitative estimate of drug-likeness (QED) is 0.146. The van der Waals surface area contributed by atoms with E-state index in [0.717, 1.165) is 131 Å². The third-order valence-corrected chi connectivity index (χ3v) is 17.6. The van der Waals surface area contributed by atoms with E-state index in [0.29, 0.717) is 28.7 Å². The lowest BCUT2D eigenvalue weighted by molar-refractivity contribution is -0.135. The summed E-state index contributed by atoms with van der Waals surface area (Å²) in [5.41, 5.74) is 5.56. The van der Waals surface area contributed by atoms with Crippen molar-refractivity contribution in [3.05, 3.63) is 69.9 Å². The number of para-hydroxylation sites is 1. The number of rotatable bonds is 10. The Hall–Kier alpha value is -4.60.